The summed E-state index contributed by atoms with van der Waals surface area (Å²) in [6, 6.07) is 0.107. The largest absolute Gasteiger partial charge is 0.324 e. The van der Waals surface area contributed by atoms with Crippen molar-refractivity contribution in [1.82, 2.24) is 14.7 Å². The van der Waals surface area contributed by atoms with Crippen LogP contribution >= 0.6 is 0 Å². The van der Waals surface area contributed by atoms with Crippen LogP contribution < -0.4 is 5.73 Å². The molecule has 0 aliphatic carbocycles. The molecule has 0 amide bonds. The Labute approximate surface area is 79.3 Å². The van der Waals surface area contributed by atoms with Gasteiger partial charge in [-0.3, -0.25) is 4.68 Å². The highest BCUT2D eigenvalue weighted by atomic mass is 15.2. The number of hydrogen-bond donors (Lipinski definition) is 1. The van der Waals surface area contributed by atoms with Crippen molar-refractivity contribution >= 4 is 0 Å². The maximum atomic E-state index is 5.98. The minimum absolute atomic E-state index is 0.107. The van der Waals surface area contributed by atoms with Crippen LogP contribution in [0.2, 0.25) is 0 Å². The maximum absolute atomic E-state index is 5.98. The van der Waals surface area contributed by atoms with E-state index in [-0.39, 0.29) is 6.04 Å². The van der Waals surface area contributed by atoms with Crippen molar-refractivity contribution in [3.05, 3.63) is 18.0 Å². The highest BCUT2D eigenvalue weighted by Crippen LogP contribution is 2.12. The van der Waals surface area contributed by atoms with Gasteiger partial charge in [0.25, 0.3) is 0 Å². The van der Waals surface area contributed by atoms with Crippen LogP contribution in [0.25, 0.3) is 0 Å². The van der Waals surface area contributed by atoms with Crippen LogP contribution in [0.1, 0.15) is 18.0 Å². The summed E-state index contributed by atoms with van der Waals surface area (Å²) in [7, 11) is 6.01. The predicted molar refractivity (Wildman–Crippen MR) is 53.3 cm³/mol. The molecule has 74 valence electrons. The first-order chi connectivity index (χ1) is 6.09. The molecular weight excluding hydrogens is 164 g/mol. The fourth-order valence-corrected chi connectivity index (χ4v) is 1.20. The van der Waals surface area contributed by atoms with E-state index in [1.807, 2.05) is 19.4 Å². The SMILES string of the molecule is CN(C)CCC(N)c1cnn(C)c1. The molecule has 0 spiro atoms. The van der Waals surface area contributed by atoms with E-state index in [4.69, 9.17) is 5.73 Å². The number of rotatable bonds is 4. The van der Waals surface area contributed by atoms with Crippen LogP contribution in [0.4, 0.5) is 0 Å². The van der Waals surface area contributed by atoms with Gasteiger partial charge in [0.1, 0.15) is 0 Å². The summed E-state index contributed by atoms with van der Waals surface area (Å²) in [5, 5.41) is 4.09. The molecule has 13 heavy (non-hydrogen) atoms. The smallest absolute Gasteiger partial charge is 0.0537 e. The van der Waals surface area contributed by atoms with E-state index in [9.17, 15) is 0 Å². The van der Waals surface area contributed by atoms with Gasteiger partial charge in [-0.25, -0.2) is 0 Å². The second-order valence-electron chi connectivity index (χ2n) is 3.65. The summed E-state index contributed by atoms with van der Waals surface area (Å²) in [5.74, 6) is 0. The van der Waals surface area contributed by atoms with E-state index in [0.29, 0.717) is 0 Å². The molecule has 4 heteroatoms. The topological polar surface area (TPSA) is 47.1 Å². The van der Waals surface area contributed by atoms with Crippen molar-refractivity contribution < 1.29 is 0 Å². The zero-order valence-electron chi connectivity index (χ0n) is 8.57. The van der Waals surface area contributed by atoms with Crippen LogP contribution in [0.5, 0.6) is 0 Å². The molecule has 1 unspecified atom stereocenters. The summed E-state index contributed by atoms with van der Waals surface area (Å²) in [5.41, 5.74) is 7.09. The molecular formula is C9H18N4. The van der Waals surface area contributed by atoms with E-state index in [2.05, 4.69) is 24.1 Å². The molecule has 1 atom stereocenters. The molecule has 1 heterocycles. The average molecular weight is 182 g/mol. The summed E-state index contributed by atoms with van der Waals surface area (Å²) in [4.78, 5) is 2.14. The molecule has 0 fully saturated rings. The summed E-state index contributed by atoms with van der Waals surface area (Å²) >= 11 is 0. The Bertz CT molecular complexity index is 254. The molecule has 0 saturated heterocycles. The second-order valence-corrected chi connectivity index (χ2v) is 3.65. The first-order valence-corrected chi connectivity index (χ1v) is 4.48. The lowest BCUT2D eigenvalue weighted by molar-refractivity contribution is 0.382. The Balaban J connectivity index is 2.44. The molecule has 1 aromatic heterocycles. The number of aromatic nitrogens is 2. The average Bonchev–Trinajstić information content (AvgIpc) is 2.47. The molecule has 0 aliphatic rings. The third-order valence-corrected chi connectivity index (χ3v) is 2.04. The molecule has 0 bridgehead atoms. The fourth-order valence-electron chi connectivity index (χ4n) is 1.20. The zero-order chi connectivity index (χ0) is 9.84. The Hall–Kier alpha value is -0.870. The van der Waals surface area contributed by atoms with E-state index in [1.54, 1.807) is 4.68 Å². The van der Waals surface area contributed by atoms with Crippen molar-refractivity contribution in [2.75, 3.05) is 20.6 Å². The van der Waals surface area contributed by atoms with Gasteiger partial charge in [0.2, 0.25) is 0 Å². The number of hydrogen-bond acceptors (Lipinski definition) is 3. The van der Waals surface area contributed by atoms with Gasteiger partial charge in [-0.15, -0.1) is 0 Å². The van der Waals surface area contributed by atoms with Crippen LogP contribution in [0, 0.1) is 0 Å². The van der Waals surface area contributed by atoms with Gasteiger partial charge >= 0.3 is 0 Å². The highest BCUT2D eigenvalue weighted by molar-refractivity contribution is 5.09. The van der Waals surface area contributed by atoms with Crippen LogP contribution in [0.15, 0.2) is 12.4 Å². The molecule has 4 nitrogen and oxygen atoms in total. The fraction of sp³-hybridized carbons (Fsp3) is 0.667. The van der Waals surface area contributed by atoms with Gasteiger partial charge < -0.3 is 10.6 Å². The quantitative estimate of drug-likeness (QED) is 0.732. The lowest BCUT2D eigenvalue weighted by Gasteiger charge is -2.13. The minimum Gasteiger partial charge on any atom is -0.324 e. The lowest BCUT2D eigenvalue weighted by atomic mass is 10.1. The Kier molecular flexibility index (Phi) is 3.45. The summed E-state index contributed by atoms with van der Waals surface area (Å²) < 4.78 is 1.78. The molecule has 0 saturated carbocycles. The molecule has 0 radical (unpaired) electrons. The van der Waals surface area contributed by atoms with Crippen LogP contribution in [-0.2, 0) is 7.05 Å². The normalized spacial score (nSPS) is 13.6. The Morgan fingerprint density at radius 1 is 1.62 bits per heavy atom. The van der Waals surface area contributed by atoms with Gasteiger partial charge in [0.15, 0.2) is 0 Å². The van der Waals surface area contributed by atoms with E-state index >= 15 is 0 Å². The highest BCUT2D eigenvalue weighted by Gasteiger charge is 2.07. The van der Waals surface area contributed by atoms with Crippen molar-refractivity contribution in [1.29, 1.82) is 0 Å². The van der Waals surface area contributed by atoms with E-state index in [0.717, 1.165) is 18.5 Å². The van der Waals surface area contributed by atoms with Crippen molar-refractivity contribution in [2.24, 2.45) is 12.8 Å². The van der Waals surface area contributed by atoms with E-state index < -0.39 is 0 Å². The van der Waals surface area contributed by atoms with Crippen molar-refractivity contribution in [2.45, 2.75) is 12.5 Å². The van der Waals surface area contributed by atoms with Gasteiger partial charge in [-0.1, -0.05) is 0 Å². The zero-order valence-corrected chi connectivity index (χ0v) is 8.57. The first-order valence-electron chi connectivity index (χ1n) is 4.48. The van der Waals surface area contributed by atoms with Crippen molar-refractivity contribution in [3.8, 4) is 0 Å². The minimum atomic E-state index is 0.107. The molecule has 2 N–H and O–H groups in total. The van der Waals surface area contributed by atoms with Gasteiger partial charge in [-0.05, 0) is 27.1 Å². The van der Waals surface area contributed by atoms with E-state index in [1.165, 1.54) is 0 Å². The first kappa shape index (κ1) is 10.2. The van der Waals surface area contributed by atoms with Crippen LogP contribution in [-0.4, -0.2) is 35.3 Å². The maximum Gasteiger partial charge on any atom is 0.0537 e. The number of nitrogens with two attached hydrogens (primary N) is 1. The summed E-state index contributed by atoms with van der Waals surface area (Å²) in [6.45, 7) is 1.01. The third kappa shape index (κ3) is 3.16. The number of nitrogens with zero attached hydrogens (tertiary/aromatic N) is 3. The molecule has 1 aromatic rings. The lowest BCUT2D eigenvalue weighted by Crippen LogP contribution is -2.19. The van der Waals surface area contributed by atoms with Gasteiger partial charge in [0.05, 0.1) is 6.20 Å². The van der Waals surface area contributed by atoms with Crippen molar-refractivity contribution in [3.63, 3.8) is 0 Å². The number of aryl methyl sites for hydroxylation is 1. The standard InChI is InChI=1S/C9H18N4/c1-12(2)5-4-9(10)8-6-11-13(3)7-8/h6-7,9H,4-5,10H2,1-3H3. The van der Waals surface area contributed by atoms with Gasteiger partial charge in [-0.2, -0.15) is 5.10 Å². The van der Waals surface area contributed by atoms with Crippen LogP contribution in [0.3, 0.4) is 0 Å². The molecule has 0 aliphatic heterocycles. The Morgan fingerprint density at radius 2 is 2.31 bits per heavy atom. The Morgan fingerprint density at radius 3 is 2.77 bits per heavy atom. The second kappa shape index (κ2) is 4.39. The molecule has 1 rings (SSSR count). The monoisotopic (exact) mass is 182 g/mol. The van der Waals surface area contributed by atoms with Gasteiger partial charge in [0, 0.05) is 24.8 Å². The molecule has 0 aromatic carbocycles. The predicted octanol–water partition coefficient (Wildman–Crippen LogP) is 0.372. The third-order valence-electron chi connectivity index (χ3n) is 2.04. The summed E-state index contributed by atoms with van der Waals surface area (Å²) in [6.07, 6.45) is 4.78.